The van der Waals surface area contributed by atoms with Crippen LogP contribution in [0.25, 0.3) is 0 Å². The van der Waals surface area contributed by atoms with Crippen LogP contribution < -0.4 is 5.32 Å². The molecule has 2 fully saturated rings. The van der Waals surface area contributed by atoms with E-state index in [0.717, 1.165) is 6.04 Å². The Bertz CT molecular complexity index is 196. The molecule has 1 unspecified atom stereocenters. The van der Waals surface area contributed by atoms with E-state index in [0.29, 0.717) is 5.41 Å². The molecule has 0 spiro atoms. The van der Waals surface area contributed by atoms with Crippen LogP contribution in [0.2, 0.25) is 0 Å². The van der Waals surface area contributed by atoms with Crippen molar-refractivity contribution in [1.82, 2.24) is 10.2 Å². The summed E-state index contributed by atoms with van der Waals surface area (Å²) in [5.74, 6) is 0. The highest BCUT2D eigenvalue weighted by molar-refractivity contribution is 5.85. The summed E-state index contributed by atoms with van der Waals surface area (Å²) in [6, 6.07) is 0.871. The van der Waals surface area contributed by atoms with Crippen molar-refractivity contribution in [1.29, 1.82) is 0 Å². The molecule has 16 heavy (non-hydrogen) atoms. The van der Waals surface area contributed by atoms with Gasteiger partial charge in [-0.2, -0.15) is 0 Å². The SMILES string of the molecule is CN(CC1(C)CCNC1)C1CCCCC1.Cl. The van der Waals surface area contributed by atoms with Crippen molar-refractivity contribution in [2.45, 2.75) is 51.5 Å². The summed E-state index contributed by atoms with van der Waals surface area (Å²) in [4.78, 5) is 2.63. The fourth-order valence-electron chi connectivity index (χ4n) is 3.26. The van der Waals surface area contributed by atoms with Crippen LogP contribution in [-0.4, -0.2) is 37.6 Å². The molecule has 0 radical (unpaired) electrons. The molecule has 0 aromatic rings. The van der Waals surface area contributed by atoms with Gasteiger partial charge in [-0.15, -0.1) is 12.4 Å². The van der Waals surface area contributed by atoms with Crippen LogP contribution in [0.4, 0.5) is 0 Å². The smallest absolute Gasteiger partial charge is 0.00924 e. The average molecular weight is 247 g/mol. The number of halogens is 1. The van der Waals surface area contributed by atoms with E-state index in [4.69, 9.17) is 0 Å². The number of nitrogens with one attached hydrogen (secondary N) is 1. The molecule has 0 aromatic heterocycles. The van der Waals surface area contributed by atoms with Crippen LogP contribution in [0.15, 0.2) is 0 Å². The molecule has 1 aliphatic carbocycles. The average Bonchev–Trinajstić information content (AvgIpc) is 2.66. The molecular weight excluding hydrogens is 220 g/mol. The molecule has 0 aromatic carbocycles. The maximum Gasteiger partial charge on any atom is 0.00924 e. The predicted octanol–water partition coefficient (Wildman–Crippen LogP) is 2.67. The lowest BCUT2D eigenvalue weighted by atomic mass is 9.87. The number of hydrogen-bond acceptors (Lipinski definition) is 2. The Morgan fingerprint density at radius 1 is 1.25 bits per heavy atom. The van der Waals surface area contributed by atoms with Crippen LogP contribution in [0.3, 0.4) is 0 Å². The lowest BCUT2D eigenvalue weighted by Crippen LogP contribution is -2.41. The van der Waals surface area contributed by atoms with Gasteiger partial charge in [-0.3, -0.25) is 0 Å². The minimum Gasteiger partial charge on any atom is -0.316 e. The second-order valence-electron chi connectivity index (χ2n) is 5.94. The first-order valence-electron chi connectivity index (χ1n) is 6.61. The Kier molecular flexibility index (Phi) is 5.55. The van der Waals surface area contributed by atoms with Crippen LogP contribution in [0.5, 0.6) is 0 Å². The molecule has 2 aliphatic rings. The molecule has 1 atom stereocenters. The van der Waals surface area contributed by atoms with Gasteiger partial charge in [0.05, 0.1) is 0 Å². The zero-order valence-electron chi connectivity index (χ0n) is 10.8. The van der Waals surface area contributed by atoms with E-state index in [-0.39, 0.29) is 12.4 Å². The lowest BCUT2D eigenvalue weighted by molar-refractivity contribution is 0.132. The first kappa shape index (κ1) is 14.3. The van der Waals surface area contributed by atoms with Gasteiger partial charge in [0.15, 0.2) is 0 Å². The van der Waals surface area contributed by atoms with Gasteiger partial charge in [0.2, 0.25) is 0 Å². The summed E-state index contributed by atoms with van der Waals surface area (Å²) in [5.41, 5.74) is 0.534. The fraction of sp³-hybridized carbons (Fsp3) is 1.00. The van der Waals surface area contributed by atoms with Crippen molar-refractivity contribution in [3.63, 3.8) is 0 Å². The minimum absolute atomic E-state index is 0. The van der Waals surface area contributed by atoms with Gasteiger partial charge in [-0.05, 0) is 38.3 Å². The summed E-state index contributed by atoms with van der Waals surface area (Å²) in [7, 11) is 2.33. The topological polar surface area (TPSA) is 15.3 Å². The molecule has 96 valence electrons. The maximum atomic E-state index is 3.49. The van der Waals surface area contributed by atoms with E-state index in [9.17, 15) is 0 Å². The summed E-state index contributed by atoms with van der Waals surface area (Å²) < 4.78 is 0. The normalized spacial score (nSPS) is 31.7. The van der Waals surface area contributed by atoms with Gasteiger partial charge < -0.3 is 10.2 Å². The van der Waals surface area contributed by atoms with E-state index < -0.39 is 0 Å². The van der Waals surface area contributed by atoms with E-state index in [1.165, 1.54) is 58.2 Å². The molecule has 0 amide bonds. The fourth-order valence-corrected chi connectivity index (χ4v) is 3.26. The zero-order chi connectivity index (χ0) is 10.7. The minimum atomic E-state index is 0. The van der Waals surface area contributed by atoms with Crippen molar-refractivity contribution in [3.05, 3.63) is 0 Å². The van der Waals surface area contributed by atoms with Gasteiger partial charge in [-0.1, -0.05) is 26.2 Å². The van der Waals surface area contributed by atoms with Crippen LogP contribution in [0, 0.1) is 5.41 Å². The third-order valence-electron chi connectivity index (χ3n) is 4.29. The standard InChI is InChI=1S/C13H26N2.ClH/c1-13(8-9-14-10-13)11-15(2)12-6-4-3-5-7-12;/h12,14H,3-11H2,1-2H3;1H. The number of rotatable bonds is 3. The highest BCUT2D eigenvalue weighted by Gasteiger charge is 2.31. The Balaban J connectivity index is 0.00000128. The largest absolute Gasteiger partial charge is 0.316 e. The molecule has 1 N–H and O–H groups in total. The zero-order valence-corrected chi connectivity index (χ0v) is 11.6. The Labute approximate surface area is 107 Å². The highest BCUT2D eigenvalue weighted by Crippen LogP contribution is 2.29. The van der Waals surface area contributed by atoms with Crippen molar-refractivity contribution in [3.8, 4) is 0 Å². The molecule has 1 aliphatic heterocycles. The number of hydrogen-bond donors (Lipinski definition) is 1. The van der Waals surface area contributed by atoms with Gasteiger partial charge in [0.25, 0.3) is 0 Å². The molecule has 1 saturated carbocycles. The van der Waals surface area contributed by atoms with Crippen molar-refractivity contribution in [2.24, 2.45) is 5.41 Å². The monoisotopic (exact) mass is 246 g/mol. The van der Waals surface area contributed by atoms with Gasteiger partial charge >= 0.3 is 0 Å². The summed E-state index contributed by atoms with van der Waals surface area (Å²) >= 11 is 0. The van der Waals surface area contributed by atoms with Crippen LogP contribution in [0.1, 0.15) is 45.4 Å². The van der Waals surface area contributed by atoms with Gasteiger partial charge in [0, 0.05) is 19.1 Å². The summed E-state index contributed by atoms with van der Waals surface area (Å²) in [5, 5.41) is 3.49. The van der Waals surface area contributed by atoms with Crippen molar-refractivity contribution < 1.29 is 0 Å². The first-order chi connectivity index (χ1) is 7.20. The molecule has 2 rings (SSSR count). The third kappa shape index (κ3) is 3.61. The molecule has 0 bridgehead atoms. The van der Waals surface area contributed by atoms with E-state index >= 15 is 0 Å². The highest BCUT2D eigenvalue weighted by atomic mass is 35.5. The summed E-state index contributed by atoms with van der Waals surface area (Å²) in [6.45, 7) is 6.15. The Hall–Kier alpha value is 0.210. The quantitative estimate of drug-likeness (QED) is 0.824. The van der Waals surface area contributed by atoms with Gasteiger partial charge in [0.1, 0.15) is 0 Å². The van der Waals surface area contributed by atoms with E-state index in [1.807, 2.05) is 0 Å². The van der Waals surface area contributed by atoms with E-state index in [2.05, 4.69) is 24.2 Å². The molecule has 1 heterocycles. The maximum absolute atomic E-state index is 3.49. The molecular formula is C13H27ClN2. The second-order valence-corrected chi connectivity index (χ2v) is 5.94. The van der Waals surface area contributed by atoms with Crippen LogP contribution in [-0.2, 0) is 0 Å². The Morgan fingerprint density at radius 2 is 1.94 bits per heavy atom. The first-order valence-corrected chi connectivity index (χ1v) is 6.61. The van der Waals surface area contributed by atoms with E-state index in [1.54, 1.807) is 0 Å². The van der Waals surface area contributed by atoms with Crippen molar-refractivity contribution >= 4 is 12.4 Å². The Morgan fingerprint density at radius 3 is 2.50 bits per heavy atom. The molecule has 1 saturated heterocycles. The number of nitrogens with zero attached hydrogens (tertiary/aromatic N) is 1. The third-order valence-corrected chi connectivity index (χ3v) is 4.29. The molecule has 2 nitrogen and oxygen atoms in total. The summed E-state index contributed by atoms with van der Waals surface area (Å²) in [6.07, 6.45) is 8.57. The second kappa shape index (κ2) is 6.23. The molecule has 3 heteroatoms. The van der Waals surface area contributed by atoms with Gasteiger partial charge in [-0.25, -0.2) is 0 Å². The lowest BCUT2D eigenvalue weighted by Gasteiger charge is -2.36. The van der Waals surface area contributed by atoms with Crippen LogP contribution >= 0.6 is 12.4 Å². The van der Waals surface area contributed by atoms with Crippen molar-refractivity contribution in [2.75, 3.05) is 26.7 Å². The predicted molar refractivity (Wildman–Crippen MR) is 72.3 cm³/mol.